The summed E-state index contributed by atoms with van der Waals surface area (Å²) in [7, 11) is 5.63. The molecule has 1 fully saturated rings. The smallest absolute Gasteiger partial charge is 0.236 e. The van der Waals surface area contributed by atoms with Crippen LogP contribution in [0.2, 0.25) is 0 Å². The van der Waals surface area contributed by atoms with Gasteiger partial charge in [0, 0.05) is 20.1 Å². The molecule has 1 amide bonds. The third-order valence-electron chi connectivity index (χ3n) is 3.16. The second-order valence-corrected chi connectivity index (χ2v) is 4.96. The van der Waals surface area contributed by atoms with Gasteiger partial charge in [0.25, 0.3) is 0 Å². The summed E-state index contributed by atoms with van der Waals surface area (Å²) in [4.78, 5) is 15.2. The minimum atomic E-state index is 0.182. The monoisotopic (exact) mass is 227 g/mol. The number of nitrogens with one attached hydrogen (secondary N) is 1. The predicted molar refractivity (Wildman–Crippen MR) is 66.4 cm³/mol. The summed E-state index contributed by atoms with van der Waals surface area (Å²) < 4.78 is 0. The molecule has 0 aliphatic carbocycles. The summed E-state index contributed by atoms with van der Waals surface area (Å²) in [5.74, 6) is 0.182. The van der Waals surface area contributed by atoms with Crippen LogP contribution < -0.4 is 5.32 Å². The molecule has 0 saturated carbocycles. The first-order chi connectivity index (χ1) is 7.59. The van der Waals surface area contributed by atoms with Crippen molar-refractivity contribution in [2.45, 2.75) is 31.7 Å². The van der Waals surface area contributed by atoms with E-state index < -0.39 is 0 Å². The number of nitrogens with zero attached hydrogens (tertiary/aromatic N) is 2. The van der Waals surface area contributed by atoms with Gasteiger partial charge in [-0.05, 0) is 45.8 Å². The zero-order valence-corrected chi connectivity index (χ0v) is 10.8. The lowest BCUT2D eigenvalue weighted by Crippen LogP contribution is -2.35. The summed E-state index contributed by atoms with van der Waals surface area (Å²) in [6.45, 7) is 2.72. The van der Waals surface area contributed by atoms with Crippen molar-refractivity contribution in [1.82, 2.24) is 15.1 Å². The van der Waals surface area contributed by atoms with Gasteiger partial charge >= 0.3 is 0 Å². The van der Waals surface area contributed by atoms with Gasteiger partial charge in [-0.2, -0.15) is 0 Å². The molecule has 94 valence electrons. The minimum Gasteiger partial charge on any atom is -0.348 e. The van der Waals surface area contributed by atoms with Crippen LogP contribution in [0.1, 0.15) is 25.7 Å². The molecule has 0 spiro atoms. The van der Waals surface area contributed by atoms with E-state index in [0.29, 0.717) is 6.54 Å². The molecule has 0 aromatic carbocycles. The van der Waals surface area contributed by atoms with E-state index in [2.05, 4.69) is 10.2 Å². The Morgan fingerprint density at radius 1 is 1.38 bits per heavy atom. The van der Waals surface area contributed by atoms with Crippen molar-refractivity contribution < 1.29 is 4.79 Å². The van der Waals surface area contributed by atoms with E-state index in [0.717, 1.165) is 12.6 Å². The first-order valence-corrected chi connectivity index (χ1v) is 6.21. The van der Waals surface area contributed by atoms with E-state index in [9.17, 15) is 4.79 Å². The summed E-state index contributed by atoms with van der Waals surface area (Å²) >= 11 is 0. The fraction of sp³-hybridized carbons (Fsp3) is 0.917. The fourth-order valence-corrected chi connectivity index (χ4v) is 2.06. The highest BCUT2D eigenvalue weighted by atomic mass is 16.2. The van der Waals surface area contributed by atoms with Crippen LogP contribution in [0.3, 0.4) is 0 Å². The van der Waals surface area contributed by atoms with Crippen molar-refractivity contribution >= 4 is 5.91 Å². The van der Waals surface area contributed by atoms with Crippen LogP contribution in [-0.4, -0.2) is 62.5 Å². The normalized spacial score (nSPS) is 20.4. The summed E-state index contributed by atoms with van der Waals surface area (Å²) in [5, 5.41) is 3.50. The number of carbonyl (C=O) groups excluding carboxylic acids is 1. The summed E-state index contributed by atoms with van der Waals surface area (Å²) in [6.07, 6.45) is 5.05. The average Bonchev–Trinajstić information content (AvgIpc) is 2.70. The third kappa shape index (κ3) is 4.94. The van der Waals surface area contributed by atoms with Gasteiger partial charge in [-0.1, -0.05) is 0 Å². The molecule has 4 nitrogen and oxygen atoms in total. The van der Waals surface area contributed by atoms with Crippen molar-refractivity contribution in [3.05, 3.63) is 0 Å². The van der Waals surface area contributed by atoms with Gasteiger partial charge in [-0.3, -0.25) is 9.69 Å². The molecule has 1 heterocycles. The maximum Gasteiger partial charge on any atom is 0.236 e. The first-order valence-electron chi connectivity index (χ1n) is 6.21. The lowest BCUT2D eigenvalue weighted by Gasteiger charge is -2.19. The number of hydrogen-bond donors (Lipinski definition) is 1. The third-order valence-corrected chi connectivity index (χ3v) is 3.16. The van der Waals surface area contributed by atoms with Gasteiger partial charge in [-0.25, -0.2) is 0 Å². The second-order valence-electron chi connectivity index (χ2n) is 4.96. The molecule has 0 bridgehead atoms. The first kappa shape index (κ1) is 13.5. The minimum absolute atomic E-state index is 0.182. The van der Waals surface area contributed by atoms with E-state index in [-0.39, 0.29) is 5.91 Å². The van der Waals surface area contributed by atoms with Crippen molar-refractivity contribution in [2.75, 3.05) is 40.8 Å². The lowest BCUT2D eigenvalue weighted by molar-refractivity contribution is -0.129. The zero-order chi connectivity index (χ0) is 12.0. The number of hydrogen-bond acceptors (Lipinski definition) is 3. The van der Waals surface area contributed by atoms with Gasteiger partial charge in [0.1, 0.15) is 0 Å². The maximum absolute atomic E-state index is 11.4. The van der Waals surface area contributed by atoms with E-state index >= 15 is 0 Å². The van der Waals surface area contributed by atoms with E-state index in [1.54, 1.807) is 19.0 Å². The van der Waals surface area contributed by atoms with Crippen molar-refractivity contribution in [3.8, 4) is 0 Å². The van der Waals surface area contributed by atoms with Gasteiger partial charge in [0.05, 0.1) is 6.54 Å². The topological polar surface area (TPSA) is 35.6 Å². The van der Waals surface area contributed by atoms with Gasteiger partial charge in [-0.15, -0.1) is 0 Å². The molecule has 0 aromatic rings. The Labute approximate surface area is 99.0 Å². The molecule has 1 aliphatic rings. The van der Waals surface area contributed by atoms with Crippen LogP contribution in [0.5, 0.6) is 0 Å². The van der Waals surface area contributed by atoms with Crippen LogP contribution in [0, 0.1) is 0 Å². The van der Waals surface area contributed by atoms with Crippen LogP contribution >= 0.6 is 0 Å². The maximum atomic E-state index is 11.4. The van der Waals surface area contributed by atoms with Crippen LogP contribution in [-0.2, 0) is 4.79 Å². The Bertz CT molecular complexity index is 212. The Morgan fingerprint density at radius 2 is 2.12 bits per heavy atom. The summed E-state index contributed by atoms with van der Waals surface area (Å²) in [5.41, 5.74) is 0. The molecular weight excluding hydrogens is 202 g/mol. The molecule has 1 rings (SSSR count). The number of amides is 1. The van der Waals surface area contributed by atoms with E-state index in [4.69, 9.17) is 0 Å². The van der Waals surface area contributed by atoms with Crippen molar-refractivity contribution in [3.63, 3.8) is 0 Å². The molecule has 1 atom stereocenters. The Balaban J connectivity index is 2.05. The van der Waals surface area contributed by atoms with Crippen molar-refractivity contribution in [1.29, 1.82) is 0 Å². The Morgan fingerprint density at radius 3 is 2.69 bits per heavy atom. The Hall–Kier alpha value is -0.610. The predicted octanol–water partition coefficient (Wildman–Crippen LogP) is 0.539. The van der Waals surface area contributed by atoms with E-state index in [1.165, 1.54) is 32.2 Å². The van der Waals surface area contributed by atoms with Gasteiger partial charge in [0.15, 0.2) is 0 Å². The van der Waals surface area contributed by atoms with Gasteiger partial charge < -0.3 is 10.2 Å². The van der Waals surface area contributed by atoms with Gasteiger partial charge in [0.2, 0.25) is 5.91 Å². The highest BCUT2D eigenvalue weighted by Gasteiger charge is 2.14. The Kier molecular flexibility index (Phi) is 5.77. The van der Waals surface area contributed by atoms with Crippen LogP contribution in [0.25, 0.3) is 0 Å². The highest BCUT2D eigenvalue weighted by molar-refractivity contribution is 5.77. The average molecular weight is 227 g/mol. The molecule has 0 radical (unpaired) electrons. The molecule has 0 aromatic heterocycles. The second kappa shape index (κ2) is 6.86. The standard InChI is InChI=1S/C12H25N3O/c1-14(2)12(16)10-15(3)9-5-7-11-6-4-8-13-11/h11,13H,4-10H2,1-3H3. The summed E-state index contributed by atoms with van der Waals surface area (Å²) in [6, 6.07) is 0.720. The van der Waals surface area contributed by atoms with Crippen LogP contribution in [0.4, 0.5) is 0 Å². The zero-order valence-electron chi connectivity index (χ0n) is 10.8. The molecule has 1 saturated heterocycles. The molecule has 1 aliphatic heterocycles. The number of rotatable bonds is 6. The van der Waals surface area contributed by atoms with E-state index in [1.807, 2.05) is 7.05 Å². The largest absolute Gasteiger partial charge is 0.348 e. The molecule has 1 unspecified atom stereocenters. The fourth-order valence-electron chi connectivity index (χ4n) is 2.06. The lowest BCUT2D eigenvalue weighted by atomic mass is 10.1. The molecular formula is C12H25N3O. The molecule has 4 heteroatoms. The molecule has 1 N–H and O–H groups in total. The SMILES string of the molecule is CN(CCCC1CCCN1)CC(=O)N(C)C. The highest BCUT2D eigenvalue weighted by Crippen LogP contribution is 2.10. The quantitative estimate of drug-likeness (QED) is 0.719. The number of carbonyl (C=O) groups is 1. The number of likely N-dealkylation sites (N-methyl/N-ethyl adjacent to an activating group) is 2. The van der Waals surface area contributed by atoms with Crippen LogP contribution in [0.15, 0.2) is 0 Å². The molecule has 16 heavy (non-hydrogen) atoms. The van der Waals surface area contributed by atoms with Crippen molar-refractivity contribution in [2.24, 2.45) is 0 Å².